The molecule has 0 atom stereocenters. The molecule has 0 spiro atoms. The van der Waals surface area contributed by atoms with Gasteiger partial charge in [-0.15, -0.1) is 0 Å². The van der Waals surface area contributed by atoms with Gasteiger partial charge in [0.25, 0.3) is 6.50 Å². The molecule has 0 saturated heterocycles. The second-order valence-corrected chi connectivity index (χ2v) is 19.5. The van der Waals surface area contributed by atoms with Gasteiger partial charge < -0.3 is 0 Å². The molecule has 4 aromatic carbocycles. The molecule has 0 aliphatic rings. The lowest BCUT2D eigenvalue weighted by molar-refractivity contribution is 1.48. The first-order valence-electron chi connectivity index (χ1n) is 10.8. The summed E-state index contributed by atoms with van der Waals surface area (Å²) in [7, 11) is 0. The Kier molecular flexibility index (Phi) is 17.2. The molecule has 0 radical (unpaired) electrons. The summed E-state index contributed by atoms with van der Waals surface area (Å²) in [5.74, 6) is 0. The Morgan fingerprint density at radius 1 is 0.325 bits per heavy atom. The first-order valence-corrected chi connectivity index (χ1v) is 18.1. The minimum atomic E-state index is -1.61. The minimum Gasteiger partial charge on any atom is -0.0664 e. The van der Waals surface area contributed by atoms with Crippen LogP contribution in [0.15, 0.2) is 97.1 Å². The van der Waals surface area contributed by atoms with Crippen LogP contribution in [0.3, 0.4) is 0 Å². The van der Waals surface area contributed by atoms with Crippen molar-refractivity contribution in [2.24, 2.45) is 0 Å². The lowest BCUT2D eigenvalue weighted by atomic mass is 9.86. The summed E-state index contributed by atoms with van der Waals surface area (Å²) in [6.45, 7) is 0. The van der Waals surface area contributed by atoms with Crippen LogP contribution in [0, 0.1) is 14.3 Å². The predicted octanol–water partition coefficient (Wildman–Crippen LogP) is 14.2. The summed E-state index contributed by atoms with van der Waals surface area (Å²) in [6.07, 6.45) is 0. The lowest BCUT2D eigenvalue weighted by Crippen LogP contribution is -1.98. The van der Waals surface area contributed by atoms with Crippen LogP contribution >= 0.6 is 183 Å². The molecule has 0 amide bonds. The number of alkyl halides is 8. The average Bonchev–Trinajstić information content (AvgIpc) is 2.84. The third kappa shape index (κ3) is 15.7. The summed E-state index contributed by atoms with van der Waals surface area (Å²) in [4.78, 5) is 0. The van der Waals surface area contributed by atoms with E-state index in [4.69, 9.17) is 92.8 Å². The zero-order valence-electron chi connectivity index (χ0n) is 19.8. The largest absolute Gasteiger partial charge is 0.266 e. The van der Waals surface area contributed by atoms with Crippen molar-refractivity contribution in [3.63, 3.8) is 0 Å². The minimum absolute atomic E-state index is 1.23. The molecule has 0 aliphatic carbocycles. The molecule has 0 bridgehead atoms. The highest BCUT2D eigenvalue weighted by atomic mass is 127. The van der Waals surface area contributed by atoms with E-state index < -0.39 is 6.50 Å². The van der Waals surface area contributed by atoms with E-state index in [-0.39, 0.29) is 0 Å². The molecule has 0 aromatic heterocycles. The standard InChI is InChI=1S/C26H16I4.2CCl4/c27-21-9-1-17(2-10-21)25(18-3-11-22(28)12-4-18)26(19-5-13-23(29)14-6-19)20-7-15-24(30)16-8-20;2*2-1(3,4)5/h1-16H;;. The molecule has 4 aromatic rings. The van der Waals surface area contributed by atoms with Gasteiger partial charge in [0.15, 0.2) is 0 Å². The maximum atomic E-state index is 4.83. The first-order chi connectivity index (χ1) is 18.5. The highest BCUT2D eigenvalue weighted by molar-refractivity contribution is 14.1. The Labute approximate surface area is 329 Å². The van der Waals surface area contributed by atoms with Crippen molar-refractivity contribution in [1.82, 2.24) is 0 Å². The van der Waals surface area contributed by atoms with Gasteiger partial charge in [-0.05, 0) is 172 Å². The Bertz CT molecular complexity index is 1160. The van der Waals surface area contributed by atoms with Crippen LogP contribution in [0.2, 0.25) is 0 Å². The van der Waals surface area contributed by atoms with Gasteiger partial charge in [-0.2, -0.15) is 0 Å². The van der Waals surface area contributed by atoms with E-state index in [1.54, 1.807) is 0 Å². The fourth-order valence-corrected chi connectivity index (χ4v) is 4.82. The van der Waals surface area contributed by atoms with Crippen molar-refractivity contribution in [2.75, 3.05) is 0 Å². The van der Waals surface area contributed by atoms with Crippen LogP contribution in [0.4, 0.5) is 0 Å². The van der Waals surface area contributed by atoms with Crippen molar-refractivity contribution in [3.8, 4) is 0 Å². The van der Waals surface area contributed by atoms with Crippen LogP contribution in [-0.4, -0.2) is 6.50 Å². The fourth-order valence-electron chi connectivity index (χ4n) is 3.38. The van der Waals surface area contributed by atoms with Crippen molar-refractivity contribution in [1.29, 1.82) is 0 Å². The van der Waals surface area contributed by atoms with Crippen LogP contribution in [-0.2, 0) is 0 Å². The zero-order chi connectivity index (χ0) is 30.1. The van der Waals surface area contributed by atoms with Gasteiger partial charge in [0, 0.05) is 14.3 Å². The maximum absolute atomic E-state index is 4.83. The first kappa shape index (κ1) is 38.0. The predicted molar refractivity (Wildman–Crippen MR) is 214 cm³/mol. The normalized spacial score (nSPS) is 11.0. The summed E-state index contributed by atoms with van der Waals surface area (Å²) < 4.78 is 1.73. The van der Waals surface area contributed by atoms with Crippen LogP contribution < -0.4 is 0 Å². The van der Waals surface area contributed by atoms with Crippen molar-refractivity contribution in [2.45, 2.75) is 6.50 Å². The van der Waals surface area contributed by atoms with Crippen molar-refractivity contribution >= 4 is 194 Å². The van der Waals surface area contributed by atoms with Gasteiger partial charge in [-0.25, -0.2) is 0 Å². The monoisotopic (exact) mass is 1140 g/mol. The Hall–Kier alpha value is 1.86. The van der Waals surface area contributed by atoms with E-state index in [2.05, 4.69) is 187 Å². The summed E-state index contributed by atoms with van der Waals surface area (Å²) in [5, 5.41) is 0. The number of benzene rings is 4. The number of hydrogen-bond donors (Lipinski definition) is 0. The quantitative estimate of drug-likeness (QED) is 0.109. The molecular formula is C28H16Cl8I4. The zero-order valence-corrected chi connectivity index (χ0v) is 34.5. The Balaban J connectivity index is 0.000000482. The van der Waals surface area contributed by atoms with Gasteiger partial charge >= 0.3 is 0 Å². The number of rotatable bonds is 4. The molecule has 0 N–H and O–H groups in total. The Morgan fingerprint density at radius 2 is 0.450 bits per heavy atom. The van der Waals surface area contributed by atoms with Crippen LogP contribution in [0.25, 0.3) is 11.1 Å². The number of hydrogen-bond acceptors (Lipinski definition) is 0. The van der Waals surface area contributed by atoms with Crippen LogP contribution in [0.5, 0.6) is 0 Å². The third-order valence-corrected chi connectivity index (χ3v) is 7.66. The van der Waals surface area contributed by atoms with Gasteiger partial charge in [-0.3, -0.25) is 0 Å². The fraction of sp³-hybridized carbons (Fsp3) is 0.0714. The van der Waals surface area contributed by atoms with Gasteiger partial charge in [0.05, 0.1) is 0 Å². The van der Waals surface area contributed by atoms with E-state index >= 15 is 0 Å². The average molecular weight is 1140 g/mol. The third-order valence-electron chi connectivity index (χ3n) is 4.78. The van der Waals surface area contributed by atoms with Gasteiger partial charge in [0.1, 0.15) is 0 Å². The highest BCUT2D eigenvalue weighted by Gasteiger charge is 2.16. The summed E-state index contributed by atoms with van der Waals surface area (Å²) in [5.41, 5.74) is 7.41. The second-order valence-electron chi connectivity index (χ2n) is 7.63. The summed E-state index contributed by atoms with van der Waals surface area (Å²) in [6, 6.07) is 35.3. The number of halogens is 12. The molecule has 0 unspecified atom stereocenters. The smallest absolute Gasteiger partial charge is 0.0664 e. The maximum Gasteiger partial charge on any atom is 0.266 e. The van der Waals surface area contributed by atoms with Gasteiger partial charge in [-0.1, -0.05) is 141 Å². The van der Waals surface area contributed by atoms with Crippen LogP contribution in [0.1, 0.15) is 22.3 Å². The van der Waals surface area contributed by atoms with E-state index in [0.29, 0.717) is 0 Å². The molecule has 0 nitrogen and oxygen atoms in total. The molecule has 4 rings (SSSR count). The van der Waals surface area contributed by atoms with E-state index in [9.17, 15) is 0 Å². The molecule has 12 heteroatoms. The molecule has 0 fully saturated rings. The second kappa shape index (κ2) is 18.1. The molecular weight excluding hydrogens is 1130 g/mol. The highest BCUT2D eigenvalue weighted by Crippen LogP contribution is 2.37. The van der Waals surface area contributed by atoms with E-state index in [1.807, 2.05) is 0 Å². The lowest BCUT2D eigenvalue weighted by Gasteiger charge is -2.18. The Morgan fingerprint density at radius 3 is 0.575 bits per heavy atom. The molecule has 212 valence electrons. The molecule has 0 heterocycles. The molecule has 40 heavy (non-hydrogen) atoms. The van der Waals surface area contributed by atoms with E-state index in [1.165, 1.54) is 47.7 Å². The van der Waals surface area contributed by atoms with Gasteiger partial charge in [0.2, 0.25) is 0 Å². The van der Waals surface area contributed by atoms with Crippen molar-refractivity contribution < 1.29 is 0 Å². The topological polar surface area (TPSA) is 0 Å². The molecule has 0 aliphatic heterocycles. The van der Waals surface area contributed by atoms with Crippen molar-refractivity contribution in [3.05, 3.63) is 134 Å². The SMILES string of the molecule is ClC(Cl)(Cl)Cl.ClC(Cl)(Cl)Cl.Ic1ccc(C(=C(c2ccc(I)cc2)c2ccc(I)cc2)c2ccc(I)cc2)cc1. The summed E-state index contributed by atoms with van der Waals surface area (Å²) >= 11 is 48.1. The van der Waals surface area contributed by atoms with E-state index in [0.717, 1.165) is 0 Å². The molecule has 0 saturated carbocycles.